The number of nitrogens with one attached hydrogen (secondary N) is 1. The molecule has 0 saturated carbocycles. The standard InChI is InChI=1S/C12H17BrN2O2/c1-2-3-7-15-11(16)8-17-10-6-4-5-9(14)12(10)13/h4-6H,2-3,7-8,14H2,1H3,(H,15,16). The minimum absolute atomic E-state index is 0.00572. The van der Waals surface area contributed by atoms with Crippen molar-refractivity contribution in [1.82, 2.24) is 5.32 Å². The number of nitrogen functional groups attached to an aromatic ring is 1. The lowest BCUT2D eigenvalue weighted by Gasteiger charge is -2.09. The van der Waals surface area contributed by atoms with E-state index in [0.717, 1.165) is 12.8 Å². The van der Waals surface area contributed by atoms with Gasteiger partial charge in [-0.25, -0.2) is 0 Å². The molecule has 1 amide bonds. The first kappa shape index (κ1) is 13.8. The van der Waals surface area contributed by atoms with E-state index in [4.69, 9.17) is 10.5 Å². The Bertz CT molecular complexity index is 383. The summed E-state index contributed by atoms with van der Waals surface area (Å²) in [5, 5.41) is 2.78. The molecule has 0 aliphatic carbocycles. The molecule has 0 bridgehead atoms. The third-order valence-electron chi connectivity index (χ3n) is 2.20. The minimum Gasteiger partial charge on any atom is -0.483 e. The fourth-order valence-electron chi connectivity index (χ4n) is 1.24. The molecule has 1 aromatic rings. The van der Waals surface area contributed by atoms with Gasteiger partial charge in [0, 0.05) is 12.2 Å². The Labute approximate surface area is 110 Å². The Balaban J connectivity index is 2.39. The highest BCUT2D eigenvalue weighted by Gasteiger charge is 2.06. The fraction of sp³-hybridized carbons (Fsp3) is 0.417. The van der Waals surface area contributed by atoms with Crippen LogP contribution in [0, 0.1) is 0 Å². The maximum Gasteiger partial charge on any atom is 0.257 e. The van der Waals surface area contributed by atoms with E-state index < -0.39 is 0 Å². The first-order chi connectivity index (χ1) is 8.15. The summed E-state index contributed by atoms with van der Waals surface area (Å²) >= 11 is 3.31. The Morgan fingerprint density at radius 3 is 3.00 bits per heavy atom. The van der Waals surface area contributed by atoms with E-state index in [1.54, 1.807) is 18.2 Å². The van der Waals surface area contributed by atoms with E-state index in [2.05, 4.69) is 28.2 Å². The second-order valence-corrected chi connectivity index (χ2v) is 4.44. The zero-order valence-corrected chi connectivity index (χ0v) is 11.4. The molecule has 0 unspecified atom stereocenters. The molecule has 1 rings (SSSR count). The summed E-state index contributed by atoms with van der Waals surface area (Å²) in [5.41, 5.74) is 6.29. The number of rotatable bonds is 6. The van der Waals surface area contributed by atoms with Crippen LogP contribution in [0.5, 0.6) is 5.75 Å². The van der Waals surface area contributed by atoms with Crippen LogP contribution in [0.2, 0.25) is 0 Å². The topological polar surface area (TPSA) is 64.3 Å². The third-order valence-corrected chi connectivity index (χ3v) is 3.05. The van der Waals surface area contributed by atoms with Gasteiger partial charge in [0.15, 0.2) is 6.61 Å². The molecule has 0 heterocycles. The van der Waals surface area contributed by atoms with Crippen LogP contribution in [0.4, 0.5) is 5.69 Å². The Morgan fingerprint density at radius 1 is 1.53 bits per heavy atom. The molecular weight excluding hydrogens is 284 g/mol. The Morgan fingerprint density at radius 2 is 2.29 bits per heavy atom. The smallest absolute Gasteiger partial charge is 0.257 e. The maximum atomic E-state index is 11.4. The van der Waals surface area contributed by atoms with Crippen molar-refractivity contribution in [2.45, 2.75) is 19.8 Å². The highest BCUT2D eigenvalue weighted by molar-refractivity contribution is 9.10. The Kier molecular flexibility index (Phi) is 5.83. The van der Waals surface area contributed by atoms with Crippen LogP contribution >= 0.6 is 15.9 Å². The normalized spacial score (nSPS) is 10.0. The first-order valence-electron chi connectivity index (χ1n) is 5.58. The third kappa shape index (κ3) is 4.65. The highest BCUT2D eigenvalue weighted by Crippen LogP contribution is 2.29. The van der Waals surface area contributed by atoms with Crippen molar-refractivity contribution < 1.29 is 9.53 Å². The summed E-state index contributed by atoms with van der Waals surface area (Å²) in [6.07, 6.45) is 2.04. The minimum atomic E-state index is -0.118. The average molecular weight is 301 g/mol. The maximum absolute atomic E-state index is 11.4. The summed E-state index contributed by atoms with van der Waals surface area (Å²) in [4.78, 5) is 11.4. The molecule has 0 fully saturated rings. The first-order valence-corrected chi connectivity index (χ1v) is 6.38. The SMILES string of the molecule is CCCCNC(=O)COc1cccc(N)c1Br. The molecule has 0 aliphatic heterocycles. The van der Waals surface area contributed by atoms with Gasteiger partial charge in [-0.3, -0.25) is 4.79 Å². The quantitative estimate of drug-likeness (QED) is 0.626. The van der Waals surface area contributed by atoms with Crippen LogP contribution in [0.3, 0.4) is 0 Å². The number of carbonyl (C=O) groups is 1. The number of hydrogen-bond acceptors (Lipinski definition) is 3. The molecule has 1 aromatic carbocycles. The average Bonchev–Trinajstić information content (AvgIpc) is 2.31. The summed E-state index contributed by atoms with van der Waals surface area (Å²) < 4.78 is 6.05. The number of nitrogens with two attached hydrogens (primary N) is 1. The molecule has 0 atom stereocenters. The lowest BCUT2D eigenvalue weighted by molar-refractivity contribution is -0.123. The van der Waals surface area contributed by atoms with E-state index in [0.29, 0.717) is 22.5 Å². The van der Waals surface area contributed by atoms with Crippen molar-refractivity contribution >= 4 is 27.5 Å². The monoisotopic (exact) mass is 300 g/mol. The summed E-state index contributed by atoms with van der Waals surface area (Å²) in [6.45, 7) is 2.77. The molecule has 94 valence electrons. The Hall–Kier alpha value is -1.23. The lowest BCUT2D eigenvalue weighted by atomic mass is 10.3. The summed E-state index contributed by atoms with van der Waals surface area (Å²) in [6, 6.07) is 5.31. The second kappa shape index (κ2) is 7.17. The lowest BCUT2D eigenvalue weighted by Crippen LogP contribution is -2.29. The van der Waals surface area contributed by atoms with Gasteiger partial charge in [0.05, 0.1) is 4.47 Å². The van der Waals surface area contributed by atoms with Gasteiger partial charge in [0.1, 0.15) is 5.75 Å². The molecule has 17 heavy (non-hydrogen) atoms. The van der Waals surface area contributed by atoms with E-state index in [9.17, 15) is 4.79 Å². The van der Waals surface area contributed by atoms with Gasteiger partial charge in [-0.2, -0.15) is 0 Å². The van der Waals surface area contributed by atoms with Gasteiger partial charge in [0.25, 0.3) is 5.91 Å². The number of anilines is 1. The summed E-state index contributed by atoms with van der Waals surface area (Å²) in [7, 11) is 0. The number of ether oxygens (including phenoxy) is 1. The van der Waals surface area contributed by atoms with Crippen LogP contribution in [-0.4, -0.2) is 19.1 Å². The number of carbonyl (C=O) groups excluding carboxylic acids is 1. The van der Waals surface area contributed by atoms with E-state index >= 15 is 0 Å². The molecule has 0 aliphatic rings. The second-order valence-electron chi connectivity index (χ2n) is 3.65. The van der Waals surface area contributed by atoms with Crippen molar-refractivity contribution in [3.05, 3.63) is 22.7 Å². The van der Waals surface area contributed by atoms with Crippen LogP contribution in [0.25, 0.3) is 0 Å². The van der Waals surface area contributed by atoms with E-state index in [-0.39, 0.29) is 12.5 Å². The van der Waals surface area contributed by atoms with Crippen LogP contribution < -0.4 is 15.8 Å². The van der Waals surface area contributed by atoms with Crippen LogP contribution in [0.1, 0.15) is 19.8 Å². The number of unbranched alkanes of at least 4 members (excludes halogenated alkanes) is 1. The zero-order valence-electron chi connectivity index (χ0n) is 9.83. The number of hydrogen-bond donors (Lipinski definition) is 2. The number of halogens is 1. The predicted octanol–water partition coefficient (Wildman–Crippen LogP) is 2.33. The highest BCUT2D eigenvalue weighted by atomic mass is 79.9. The zero-order chi connectivity index (χ0) is 12.7. The fourth-order valence-corrected chi connectivity index (χ4v) is 1.62. The van der Waals surface area contributed by atoms with Crippen LogP contribution in [-0.2, 0) is 4.79 Å². The molecule has 3 N–H and O–H groups in total. The molecular formula is C12H17BrN2O2. The number of benzene rings is 1. The van der Waals surface area contributed by atoms with Crippen molar-refractivity contribution in [3.8, 4) is 5.75 Å². The molecule has 0 spiro atoms. The number of amides is 1. The summed E-state index contributed by atoms with van der Waals surface area (Å²) in [5.74, 6) is 0.461. The van der Waals surface area contributed by atoms with Gasteiger partial charge in [0.2, 0.25) is 0 Å². The van der Waals surface area contributed by atoms with E-state index in [1.165, 1.54) is 0 Å². The molecule has 5 heteroatoms. The van der Waals surface area contributed by atoms with Gasteiger partial charge < -0.3 is 15.8 Å². The van der Waals surface area contributed by atoms with Gasteiger partial charge in [-0.05, 0) is 34.5 Å². The van der Waals surface area contributed by atoms with Gasteiger partial charge in [-0.15, -0.1) is 0 Å². The molecule has 0 radical (unpaired) electrons. The predicted molar refractivity (Wildman–Crippen MR) is 72.0 cm³/mol. The van der Waals surface area contributed by atoms with Gasteiger partial charge in [-0.1, -0.05) is 19.4 Å². The van der Waals surface area contributed by atoms with Crippen molar-refractivity contribution in [1.29, 1.82) is 0 Å². The van der Waals surface area contributed by atoms with Crippen molar-refractivity contribution in [2.75, 3.05) is 18.9 Å². The van der Waals surface area contributed by atoms with E-state index in [1.807, 2.05) is 0 Å². The van der Waals surface area contributed by atoms with Crippen molar-refractivity contribution in [2.24, 2.45) is 0 Å². The van der Waals surface area contributed by atoms with Crippen molar-refractivity contribution in [3.63, 3.8) is 0 Å². The van der Waals surface area contributed by atoms with Crippen LogP contribution in [0.15, 0.2) is 22.7 Å². The molecule has 4 nitrogen and oxygen atoms in total. The molecule has 0 aromatic heterocycles. The largest absolute Gasteiger partial charge is 0.483 e. The molecule has 0 saturated heterocycles. The van der Waals surface area contributed by atoms with Gasteiger partial charge >= 0.3 is 0 Å².